The van der Waals surface area contributed by atoms with Gasteiger partial charge in [-0.15, -0.1) is 0 Å². The second-order valence-electron chi connectivity index (χ2n) is 2.65. The van der Waals surface area contributed by atoms with E-state index in [1.807, 2.05) is 13.8 Å². The molecule has 1 rings (SSSR count). The summed E-state index contributed by atoms with van der Waals surface area (Å²) in [5, 5.41) is 11.0. The van der Waals surface area contributed by atoms with Crippen LogP contribution in [0.25, 0.3) is 0 Å². The molecule has 0 fully saturated rings. The highest BCUT2D eigenvalue weighted by Gasteiger charge is 2.09. The Labute approximate surface area is 88.9 Å². The molecule has 0 aromatic heterocycles. The summed E-state index contributed by atoms with van der Waals surface area (Å²) >= 11 is 5.83. The van der Waals surface area contributed by atoms with Crippen molar-refractivity contribution < 1.29 is 4.92 Å². The first-order valence-corrected chi connectivity index (χ1v) is 4.81. The third-order valence-corrected chi connectivity index (χ3v) is 2.23. The average molecular weight is 216 g/mol. The number of hydrogen-bond acceptors (Lipinski definition) is 2. The third kappa shape index (κ3) is 3.00. The fourth-order valence-electron chi connectivity index (χ4n) is 1.03. The number of nitro groups is 1. The van der Waals surface area contributed by atoms with Crippen molar-refractivity contribution in [3.8, 4) is 0 Å². The van der Waals surface area contributed by atoms with Gasteiger partial charge in [-0.05, 0) is 25.0 Å². The van der Waals surface area contributed by atoms with Crippen molar-refractivity contribution in [3.05, 3.63) is 38.4 Å². The number of benzene rings is 1. The molecule has 0 bridgehead atoms. The van der Waals surface area contributed by atoms with E-state index in [0.29, 0.717) is 5.02 Å². The van der Waals surface area contributed by atoms with Crippen molar-refractivity contribution in [1.82, 2.24) is 0 Å². The van der Waals surface area contributed by atoms with E-state index >= 15 is 0 Å². The van der Waals surface area contributed by atoms with Gasteiger partial charge in [0.05, 0.1) is 4.92 Å². The molecule has 3 nitrogen and oxygen atoms in total. The highest BCUT2D eigenvalue weighted by atomic mass is 35.5. The molecule has 4 heteroatoms. The van der Waals surface area contributed by atoms with Gasteiger partial charge in [-0.2, -0.15) is 0 Å². The lowest BCUT2D eigenvalue weighted by Crippen LogP contribution is -1.90. The van der Waals surface area contributed by atoms with Crippen LogP contribution < -0.4 is 0 Å². The lowest BCUT2D eigenvalue weighted by molar-refractivity contribution is -0.384. The lowest BCUT2D eigenvalue weighted by Gasteiger charge is -2.00. The van der Waals surface area contributed by atoms with Gasteiger partial charge in [-0.3, -0.25) is 10.1 Å². The zero-order valence-electron chi connectivity index (χ0n) is 8.80. The van der Waals surface area contributed by atoms with Crippen LogP contribution in [0.5, 0.6) is 0 Å². The molecule has 0 radical (unpaired) electrons. The smallest absolute Gasteiger partial charge is 0.258 e. The van der Waals surface area contributed by atoms with Gasteiger partial charge in [-0.1, -0.05) is 25.4 Å². The molecule has 0 unspecified atom stereocenters. The summed E-state index contributed by atoms with van der Waals surface area (Å²) in [5.41, 5.74) is 1.57. The van der Waals surface area contributed by atoms with Crippen LogP contribution in [0.3, 0.4) is 0 Å². The third-order valence-electron chi connectivity index (χ3n) is 1.63. The van der Waals surface area contributed by atoms with Crippen LogP contribution in [0.1, 0.15) is 25.0 Å². The number of non-ortho nitro benzene ring substituents is 1. The van der Waals surface area contributed by atoms with Gasteiger partial charge in [0.1, 0.15) is 0 Å². The predicted octanol–water partition coefficient (Wildman–Crippen LogP) is 3.89. The van der Waals surface area contributed by atoms with Gasteiger partial charge < -0.3 is 0 Å². The molecule has 1 aromatic rings. The molecular formula is C10H14ClNO2. The zero-order chi connectivity index (χ0) is 11.3. The summed E-state index contributed by atoms with van der Waals surface area (Å²) < 4.78 is 0. The fourth-order valence-corrected chi connectivity index (χ4v) is 1.14. The van der Waals surface area contributed by atoms with E-state index in [-0.39, 0.29) is 5.69 Å². The van der Waals surface area contributed by atoms with E-state index in [2.05, 4.69) is 0 Å². The minimum Gasteiger partial charge on any atom is -0.258 e. The predicted molar refractivity (Wildman–Crippen MR) is 58.9 cm³/mol. The Morgan fingerprint density at radius 3 is 1.86 bits per heavy atom. The number of aryl methyl sites for hydroxylation is 2. The molecule has 1 aromatic carbocycles. The largest absolute Gasteiger partial charge is 0.270 e. The number of hydrogen-bond donors (Lipinski definition) is 0. The van der Waals surface area contributed by atoms with Crippen molar-refractivity contribution >= 4 is 17.3 Å². The first-order valence-electron chi connectivity index (χ1n) is 4.43. The summed E-state index contributed by atoms with van der Waals surface area (Å²) in [6.07, 6.45) is 0. The Morgan fingerprint density at radius 1 is 1.21 bits per heavy atom. The van der Waals surface area contributed by atoms with Crippen molar-refractivity contribution in [3.63, 3.8) is 0 Å². The number of halogens is 1. The lowest BCUT2D eigenvalue weighted by atomic mass is 10.1. The van der Waals surface area contributed by atoms with Crippen molar-refractivity contribution in [1.29, 1.82) is 0 Å². The zero-order valence-corrected chi connectivity index (χ0v) is 9.55. The van der Waals surface area contributed by atoms with Crippen LogP contribution in [-0.4, -0.2) is 4.92 Å². The molecule has 0 amide bonds. The molecule has 0 atom stereocenters. The SMILES string of the molecule is CC.Cc1cc([N+](=O)[O-])cc(C)c1Cl. The average Bonchev–Trinajstić information content (AvgIpc) is 2.16. The van der Waals surface area contributed by atoms with Crippen LogP contribution in [0, 0.1) is 24.0 Å². The summed E-state index contributed by atoms with van der Waals surface area (Å²) in [4.78, 5) is 9.96. The fraction of sp³-hybridized carbons (Fsp3) is 0.400. The second kappa shape index (κ2) is 5.60. The Hall–Kier alpha value is -1.09. The number of nitro benzene ring substituents is 1. The molecule has 78 valence electrons. The van der Waals surface area contributed by atoms with Gasteiger partial charge in [0.25, 0.3) is 5.69 Å². The molecule has 0 saturated carbocycles. The van der Waals surface area contributed by atoms with E-state index < -0.39 is 4.92 Å². The summed E-state index contributed by atoms with van der Waals surface area (Å²) in [6, 6.07) is 2.94. The minimum absolute atomic E-state index is 0.0920. The monoisotopic (exact) mass is 215 g/mol. The van der Waals surface area contributed by atoms with Crippen LogP contribution in [0.15, 0.2) is 12.1 Å². The van der Waals surface area contributed by atoms with Gasteiger partial charge >= 0.3 is 0 Å². The molecule has 0 spiro atoms. The molecule has 0 aliphatic carbocycles. The maximum absolute atomic E-state index is 10.4. The number of nitrogens with zero attached hydrogens (tertiary/aromatic N) is 1. The Kier molecular flexibility index (Phi) is 5.16. The molecule has 0 aliphatic heterocycles. The summed E-state index contributed by atoms with van der Waals surface area (Å²) in [7, 11) is 0. The maximum Gasteiger partial charge on any atom is 0.270 e. The summed E-state index contributed by atoms with van der Waals surface area (Å²) in [5.74, 6) is 0. The first-order chi connectivity index (χ1) is 6.52. The Morgan fingerprint density at radius 2 is 1.57 bits per heavy atom. The standard InChI is InChI=1S/C8H8ClNO2.C2H6/c1-5-3-7(10(11)12)4-6(2)8(5)9;1-2/h3-4H,1-2H3;1-2H3. The van der Waals surface area contributed by atoms with E-state index in [9.17, 15) is 10.1 Å². The highest BCUT2D eigenvalue weighted by molar-refractivity contribution is 6.32. The van der Waals surface area contributed by atoms with Gasteiger partial charge in [0.15, 0.2) is 0 Å². The van der Waals surface area contributed by atoms with Crippen LogP contribution in [-0.2, 0) is 0 Å². The first kappa shape index (κ1) is 12.9. The van der Waals surface area contributed by atoms with E-state index in [4.69, 9.17) is 11.6 Å². The molecule has 0 aliphatic rings. The van der Waals surface area contributed by atoms with Gasteiger partial charge in [-0.25, -0.2) is 0 Å². The van der Waals surface area contributed by atoms with Gasteiger partial charge in [0.2, 0.25) is 0 Å². The highest BCUT2D eigenvalue weighted by Crippen LogP contribution is 2.25. The minimum atomic E-state index is -0.420. The van der Waals surface area contributed by atoms with E-state index in [1.54, 1.807) is 13.8 Å². The van der Waals surface area contributed by atoms with E-state index in [0.717, 1.165) is 11.1 Å². The van der Waals surface area contributed by atoms with Crippen LogP contribution >= 0.6 is 11.6 Å². The van der Waals surface area contributed by atoms with Crippen molar-refractivity contribution in [2.24, 2.45) is 0 Å². The Bertz CT molecular complexity index is 314. The quantitative estimate of drug-likeness (QED) is 0.527. The molecule has 14 heavy (non-hydrogen) atoms. The molecule has 0 saturated heterocycles. The van der Waals surface area contributed by atoms with Crippen molar-refractivity contribution in [2.45, 2.75) is 27.7 Å². The Balaban J connectivity index is 0.000000791. The topological polar surface area (TPSA) is 43.1 Å². The second-order valence-corrected chi connectivity index (χ2v) is 3.03. The van der Waals surface area contributed by atoms with E-state index in [1.165, 1.54) is 12.1 Å². The van der Waals surface area contributed by atoms with Crippen LogP contribution in [0.2, 0.25) is 5.02 Å². The maximum atomic E-state index is 10.4. The van der Waals surface area contributed by atoms with Crippen LogP contribution in [0.4, 0.5) is 5.69 Å². The number of rotatable bonds is 1. The molecule has 0 N–H and O–H groups in total. The van der Waals surface area contributed by atoms with Crippen molar-refractivity contribution in [2.75, 3.05) is 0 Å². The summed E-state index contributed by atoms with van der Waals surface area (Å²) in [6.45, 7) is 7.50. The molecular weight excluding hydrogens is 202 g/mol. The molecule has 0 heterocycles. The normalized spacial score (nSPS) is 8.93. The van der Waals surface area contributed by atoms with Gasteiger partial charge in [0, 0.05) is 17.2 Å².